The van der Waals surface area contributed by atoms with Crippen LogP contribution in [0.3, 0.4) is 0 Å². The van der Waals surface area contributed by atoms with Crippen molar-refractivity contribution in [2.75, 3.05) is 0 Å². The molecule has 0 aliphatic heterocycles. The zero-order valence-corrected chi connectivity index (χ0v) is 25.8. The Morgan fingerprint density at radius 2 is 1.00 bits per heavy atom. The Kier molecular flexibility index (Phi) is 6.01. The third-order valence-corrected chi connectivity index (χ3v) is 9.28. The number of hydrogen-bond acceptors (Lipinski definition) is 2. The number of benzene rings is 7. The Balaban J connectivity index is 1.25. The molecule has 2 aromatic heterocycles. The van der Waals surface area contributed by atoms with Crippen LogP contribution in [0.1, 0.15) is 25.5 Å². The molecule has 0 saturated heterocycles. The summed E-state index contributed by atoms with van der Waals surface area (Å²) in [7, 11) is 0. The molecule has 0 fully saturated rings. The SMILES string of the molecule is CC(C)c1nc2c3ccccc3c3ccccc3c2nc1-c1cccc(-c2ccc3c(c2)c2ccccc2n3-c2ccccc2)c1. The highest BCUT2D eigenvalue weighted by molar-refractivity contribution is 6.23. The quantitative estimate of drug-likeness (QED) is 0.191. The lowest BCUT2D eigenvalue weighted by atomic mass is 9.95. The van der Waals surface area contributed by atoms with Gasteiger partial charge in [0.1, 0.15) is 0 Å². The molecule has 0 amide bonds. The fourth-order valence-corrected chi connectivity index (χ4v) is 7.14. The molecular weight excluding hydrogens is 558 g/mol. The van der Waals surface area contributed by atoms with Gasteiger partial charge in [0.15, 0.2) is 0 Å². The van der Waals surface area contributed by atoms with Crippen LogP contribution in [0.15, 0.2) is 146 Å². The lowest BCUT2D eigenvalue weighted by molar-refractivity contribution is 0.826. The smallest absolute Gasteiger partial charge is 0.0979 e. The van der Waals surface area contributed by atoms with Crippen LogP contribution in [0.2, 0.25) is 0 Å². The molecule has 0 spiro atoms. The molecule has 9 aromatic rings. The predicted molar refractivity (Wildman–Crippen MR) is 194 cm³/mol. The molecule has 0 unspecified atom stereocenters. The zero-order chi connectivity index (χ0) is 30.8. The van der Waals surface area contributed by atoms with Gasteiger partial charge in [0.05, 0.1) is 33.5 Å². The summed E-state index contributed by atoms with van der Waals surface area (Å²) in [6, 6.07) is 52.1. The number of hydrogen-bond donors (Lipinski definition) is 0. The van der Waals surface area contributed by atoms with Crippen molar-refractivity contribution in [3.8, 4) is 28.1 Å². The molecule has 2 heterocycles. The maximum atomic E-state index is 5.44. The molecule has 0 N–H and O–H groups in total. The van der Waals surface area contributed by atoms with E-state index in [-0.39, 0.29) is 5.92 Å². The van der Waals surface area contributed by atoms with E-state index in [0.29, 0.717) is 0 Å². The highest BCUT2D eigenvalue weighted by Crippen LogP contribution is 2.39. The number of rotatable bonds is 4. The third-order valence-electron chi connectivity index (χ3n) is 9.28. The van der Waals surface area contributed by atoms with Crippen molar-refractivity contribution in [1.29, 1.82) is 0 Å². The van der Waals surface area contributed by atoms with Crippen LogP contribution < -0.4 is 0 Å². The van der Waals surface area contributed by atoms with Crippen LogP contribution in [-0.4, -0.2) is 14.5 Å². The number of aromatic nitrogens is 3. The van der Waals surface area contributed by atoms with Crippen molar-refractivity contribution in [2.24, 2.45) is 0 Å². The Morgan fingerprint density at radius 1 is 0.435 bits per heavy atom. The van der Waals surface area contributed by atoms with E-state index in [1.807, 2.05) is 0 Å². The zero-order valence-electron chi connectivity index (χ0n) is 25.8. The highest BCUT2D eigenvalue weighted by atomic mass is 15.0. The fourth-order valence-electron chi connectivity index (χ4n) is 7.14. The van der Waals surface area contributed by atoms with Gasteiger partial charge in [0, 0.05) is 32.8 Å². The molecule has 0 atom stereocenters. The molecule has 0 aliphatic carbocycles. The van der Waals surface area contributed by atoms with Crippen molar-refractivity contribution in [3.63, 3.8) is 0 Å². The summed E-state index contributed by atoms with van der Waals surface area (Å²) < 4.78 is 2.36. The minimum Gasteiger partial charge on any atom is -0.309 e. The van der Waals surface area contributed by atoms with Crippen LogP contribution in [0.4, 0.5) is 0 Å². The van der Waals surface area contributed by atoms with Gasteiger partial charge in [0.25, 0.3) is 0 Å². The van der Waals surface area contributed by atoms with Gasteiger partial charge in [-0.15, -0.1) is 0 Å². The first-order valence-electron chi connectivity index (χ1n) is 16.0. The third kappa shape index (κ3) is 4.05. The van der Waals surface area contributed by atoms with Gasteiger partial charge < -0.3 is 4.57 Å². The van der Waals surface area contributed by atoms with Crippen molar-refractivity contribution in [2.45, 2.75) is 19.8 Å². The van der Waals surface area contributed by atoms with E-state index in [9.17, 15) is 0 Å². The summed E-state index contributed by atoms with van der Waals surface area (Å²) in [5, 5.41) is 7.20. The second-order valence-electron chi connectivity index (χ2n) is 12.4. The molecule has 0 aliphatic rings. The van der Waals surface area contributed by atoms with Gasteiger partial charge in [-0.1, -0.05) is 123 Å². The van der Waals surface area contributed by atoms with Gasteiger partial charge in [-0.3, -0.25) is 0 Å². The minimum absolute atomic E-state index is 0.209. The van der Waals surface area contributed by atoms with Crippen LogP contribution in [0.25, 0.3) is 82.5 Å². The molecule has 46 heavy (non-hydrogen) atoms. The largest absolute Gasteiger partial charge is 0.309 e. The van der Waals surface area contributed by atoms with Crippen LogP contribution in [-0.2, 0) is 0 Å². The molecule has 3 heteroatoms. The average Bonchev–Trinajstić information content (AvgIpc) is 3.45. The fraction of sp³-hybridized carbons (Fsp3) is 0.0698. The second kappa shape index (κ2) is 10.4. The molecule has 0 radical (unpaired) electrons. The van der Waals surface area contributed by atoms with Gasteiger partial charge >= 0.3 is 0 Å². The van der Waals surface area contributed by atoms with E-state index in [2.05, 4.69) is 164 Å². The number of nitrogens with zero attached hydrogens (tertiary/aromatic N) is 3. The van der Waals surface area contributed by atoms with E-state index >= 15 is 0 Å². The topological polar surface area (TPSA) is 30.7 Å². The molecule has 7 aromatic carbocycles. The van der Waals surface area contributed by atoms with E-state index in [1.165, 1.54) is 43.8 Å². The van der Waals surface area contributed by atoms with Crippen LogP contribution in [0, 0.1) is 0 Å². The summed E-state index contributed by atoms with van der Waals surface area (Å²) in [4.78, 5) is 10.8. The lowest BCUT2D eigenvalue weighted by Crippen LogP contribution is -2.02. The first-order chi connectivity index (χ1) is 22.7. The molecule has 3 nitrogen and oxygen atoms in total. The maximum absolute atomic E-state index is 5.44. The maximum Gasteiger partial charge on any atom is 0.0979 e. The van der Waals surface area contributed by atoms with Crippen LogP contribution >= 0.6 is 0 Å². The first-order valence-corrected chi connectivity index (χ1v) is 16.0. The number of fused-ring (bicyclic) bond motifs is 9. The van der Waals surface area contributed by atoms with Gasteiger partial charge in [-0.25, -0.2) is 9.97 Å². The van der Waals surface area contributed by atoms with E-state index in [1.54, 1.807) is 0 Å². The normalized spacial score (nSPS) is 11.9. The summed E-state index contributed by atoms with van der Waals surface area (Å²) >= 11 is 0. The van der Waals surface area contributed by atoms with Crippen molar-refractivity contribution >= 4 is 54.4 Å². The van der Waals surface area contributed by atoms with Crippen molar-refractivity contribution < 1.29 is 0 Å². The van der Waals surface area contributed by atoms with E-state index in [4.69, 9.17) is 9.97 Å². The summed E-state index contributed by atoms with van der Waals surface area (Å²) in [6.07, 6.45) is 0. The van der Waals surface area contributed by atoms with Gasteiger partial charge in [0.2, 0.25) is 0 Å². The lowest BCUT2D eigenvalue weighted by Gasteiger charge is -2.16. The Morgan fingerprint density at radius 3 is 1.72 bits per heavy atom. The van der Waals surface area contributed by atoms with E-state index in [0.717, 1.165) is 44.3 Å². The molecule has 0 bridgehead atoms. The molecule has 0 saturated carbocycles. The summed E-state index contributed by atoms with van der Waals surface area (Å²) in [5.41, 5.74) is 10.9. The second-order valence-corrected chi connectivity index (χ2v) is 12.4. The number of para-hydroxylation sites is 2. The van der Waals surface area contributed by atoms with Crippen molar-refractivity contribution in [1.82, 2.24) is 14.5 Å². The Hall–Kier alpha value is -5.80. The van der Waals surface area contributed by atoms with Crippen LogP contribution in [0.5, 0.6) is 0 Å². The monoisotopic (exact) mass is 589 g/mol. The molecule has 9 rings (SSSR count). The van der Waals surface area contributed by atoms with Gasteiger partial charge in [-0.05, 0) is 64.2 Å². The standard InChI is InChI=1S/C43H31N3/c1-27(2)40-41(45-43-36-21-9-7-18-33(36)32-17-6-8-20-35(32)42(43)44-40)30-14-12-13-28(25-30)29-23-24-39-37(26-29)34-19-10-11-22-38(34)46(39)31-15-4-3-5-16-31/h3-27H,1-2H3. The Labute approximate surface area is 267 Å². The predicted octanol–water partition coefficient (Wildman–Crippen LogP) is 11.5. The Bertz CT molecular complexity index is 2610. The highest BCUT2D eigenvalue weighted by Gasteiger charge is 2.19. The van der Waals surface area contributed by atoms with E-state index < -0.39 is 0 Å². The molecular formula is C43H31N3. The van der Waals surface area contributed by atoms with Crippen molar-refractivity contribution in [3.05, 3.63) is 151 Å². The summed E-state index contributed by atoms with van der Waals surface area (Å²) in [5.74, 6) is 0.209. The molecule has 218 valence electrons. The first kappa shape index (κ1) is 26.6. The minimum atomic E-state index is 0.209. The summed E-state index contributed by atoms with van der Waals surface area (Å²) in [6.45, 7) is 4.42. The average molecular weight is 590 g/mol. The van der Waals surface area contributed by atoms with Gasteiger partial charge in [-0.2, -0.15) is 0 Å².